The molecule has 0 saturated heterocycles. The van der Waals surface area contributed by atoms with Gasteiger partial charge < -0.3 is 14.8 Å². The molecule has 86 valence electrons. The molecule has 16 heavy (non-hydrogen) atoms. The Morgan fingerprint density at radius 3 is 2.69 bits per heavy atom. The Hall–Kier alpha value is -1.48. The molecular formula is C13H17NO2. The lowest BCUT2D eigenvalue weighted by Gasteiger charge is -2.05. The molecule has 0 aliphatic rings. The summed E-state index contributed by atoms with van der Waals surface area (Å²) in [5.41, 5.74) is 4.54. The predicted octanol–water partition coefficient (Wildman–Crippen LogP) is 2.33. The number of H-pyrrole nitrogens is 1. The van der Waals surface area contributed by atoms with Crippen LogP contribution in [0.15, 0.2) is 12.1 Å². The average Bonchev–Trinajstić information content (AvgIpc) is 2.58. The van der Waals surface area contributed by atoms with Crippen molar-refractivity contribution in [2.24, 2.45) is 0 Å². The van der Waals surface area contributed by atoms with Crippen molar-refractivity contribution in [2.45, 2.75) is 20.3 Å². The molecule has 0 spiro atoms. The Morgan fingerprint density at radius 2 is 2.06 bits per heavy atom. The van der Waals surface area contributed by atoms with Gasteiger partial charge in [0.1, 0.15) is 5.75 Å². The van der Waals surface area contributed by atoms with Gasteiger partial charge in [-0.2, -0.15) is 0 Å². The Labute approximate surface area is 95.1 Å². The van der Waals surface area contributed by atoms with E-state index >= 15 is 0 Å². The minimum absolute atomic E-state index is 0.171. The van der Waals surface area contributed by atoms with Gasteiger partial charge in [-0.1, -0.05) is 6.07 Å². The fraction of sp³-hybridized carbons (Fsp3) is 0.385. The van der Waals surface area contributed by atoms with Gasteiger partial charge in [-0.25, -0.2) is 0 Å². The van der Waals surface area contributed by atoms with E-state index in [0.717, 1.165) is 17.0 Å². The number of ether oxygens (including phenoxy) is 1. The lowest BCUT2D eigenvalue weighted by Crippen LogP contribution is -1.92. The first kappa shape index (κ1) is 11.0. The topological polar surface area (TPSA) is 45.2 Å². The number of hydrogen-bond donors (Lipinski definition) is 2. The monoisotopic (exact) mass is 219 g/mol. The van der Waals surface area contributed by atoms with E-state index in [1.54, 1.807) is 7.11 Å². The predicted molar refractivity (Wildman–Crippen MR) is 65.1 cm³/mol. The highest BCUT2D eigenvalue weighted by molar-refractivity contribution is 5.92. The van der Waals surface area contributed by atoms with Gasteiger partial charge >= 0.3 is 0 Å². The van der Waals surface area contributed by atoms with Crippen molar-refractivity contribution in [3.8, 4) is 5.75 Å². The molecule has 0 aliphatic heterocycles. The maximum Gasteiger partial charge on any atom is 0.142 e. The Balaban J connectivity index is 2.76. The normalized spacial score (nSPS) is 11.0. The van der Waals surface area contributed by atoms with Crippen LogP contribution < -0.4 is 4.74 Å². The van der Waals surface area contributed by atoms with Crippen molar-refractivity contribution in [3.63, 3.8) is 0 Å². The highest BCUT2D eigenvalue weighted by atomic mass is 16.5. The third kappa shape index (κ3) is 1.57. The molecule has 0 amide bonds. The van der Waals surface area contributed by atoms with Crippen LogP contribution in [0.3, 0.4) is 0 Å². The van der Waals surface area contributed by atoms with E-state index in [1.165, 1.54) is 16.5 Å². The molecule has 0 unspecified atom stereocenters. The van der Waals surface area contributed by atoms with Gasteiger partial charge in [0, 0.05) is 17.7 Å². The van der Waals surface area contributed by atoms with Gasteiger partial charge in [0.2, 0.25) is 0 Å². The minimum Gasteiger partial charge on any atom is -0.495 e. The molecule has 2 aromatic rings. The summed E-state index contributed by atoms with van der Waals surface area (Å²) in [6.07, 6.45) is 0.680. The van der Waals surface area contributed by atoms with Crippen LogP contribution in [0, 0.1) is 13.8 Å². The minimum atomic E-state index is 0.171. The fourth-order valence-corrected chi connectivity index (χ4v) is 2.25. The molecule has 0 bridgehead atoms. The highest BCUT2D eigenvalue weighted by Gasteiger charge is 2.13. The maximum absolute atomic E-state index is 9.09. The number of benzene rings is 1. The van der Waals surface area contributed by atoms with E-state index in [1.807, 2.05) is 13.0 Å². The van der Waals surface area contributed by atoms with Crippen molar-refractivity contribution in [2.75, 3.05) is 13.7 Å². The number of rotatable bonds is 3. The third-order valence-corrected chi connectivity index (χ3v) is 3.02. The van der Waals surface area contributed by atoms with E-state index in [4.69, 9.17) is 9.84 Å². The highest BCUT2D eigenvalue weighted by Crippen LogP contribution is 2.32. The second kappa shape index (κ2) is 4.18. The van der Waals surface area contributed by atoms with Gasteiger partial charge in [0.15, 0.2) is 0 Å². The number of aromatic amines is 1. The number of methoxy groups -OCH3 is 1. The summed E-state index contributed by atoms with van der Waals surface area (Å²) >= 11 is 0. The van der Waals surface area contributed by atoms with Gasteiger partial charge in [-0.3, -0.25) is 0 Å². The van der Waals surface area contributed by atoms with Crippen molar-refractivity contribution in [3.05, 3.63) is 29.0 Å². The van der Waals surface area contributed by atoms with E-state index in [2.05, 4.69) is 18.0 Å². The van der Waals surface area contributed by atoms with Crippen LogP contribution in [0.25, 0.3) is 10.9 Å². The molecule has 1 heterocycles. The standard InChI is InChI=1S/C13H17NO2/c1-8-4-5-11(16-3)13-12(8)10(6-7-15)9(2)14-13/h4-5,14-15H,6-7H2,1-3H3. The molecule has 2 rings (SSSR count). The lowest BCUT2D eigenvalue weighted by atomic mass is 10.0. The van der Waals surface area contributed by atoms with Crippen molar-refractivity contribution < 1.29 is 9.84 Å². The van der Waals surface area contributed by atoms with Crippen LogP contribution >= 0.6 is 0 Å². The first-order chi connectivity index (χ1) is 7.69. The first-order valence-electron chi connectivity index (χ1n) is 5.44. The quantitative estimate of drug-likeness (QED) is 0.832. The summed E-state index contributed by atoms with van der Waals surface area (Å²) in [7, 11) is 1.67. The zero-order valence-corrected chi connectivity index (χ0v) is 9.92. The molecule has 0 aliphatic carbocycles. The molecule has 0 saturated carbocycles. The number of aliphatic hydroxyl groups excluding tert-OH is 1. The summed E-state index contributed by atoms with van der Waals surface area (Å²) < 4.78 is 5.34. The molecule has 0 atom stereocenters. The molecule has 1 aromatic heterocycles. The molecule has 2 N–H and O–H groups in total. The van der Waals surface area contributed by atoms with Crippen LogP contribution in [-0.2, 0) is 6.42 Å². The van der Waals surface area contributed by atoms with E-state index in [9.17, 15) is 0 Å². The summed E-state index contributed by atoms with van der Waals surface area (Å²) in [4.78, 5) is 3.34. The third-order valence-electron chi connectivity index (χ3n) is 3.02. The number of hydrogen-bond acceptors (Lipinski definition) is 2. The fourth-order valence-electron chi connectivity index (χ4n) is 2.25. The van der Waals surface area contributed by atoms with Crippen molar-refractivity contribution in [1.82, 2.24) is 4.98 Å². The number of aromatic nitrogens is 1. The van der Waals surface area contributed by atoms with Crippen LogP contribution in [0.5, 0.6) is 5.75 Å². The van der Waals surface area contributed by atoms with Gasteiger partial charge in [-0.15, -0.1) is 0 Å². The SMILES string of the molecule is COc1ccc(C)c2c(CCO)c(C)[nH]c12. The number of fused-ring (bicyclic) bond motifs is 1. The molecule has 1 aromatic carbocycles. The molecule has 0 radical (unpaired) electrons. The Bertz CT molecular complexity index is 514. The average molecular weight is 219 g/mol. The van der Waals surface area contributed by atoms with E-state index in [0.29, 0.717) is 6.42 Å². The summed E-state index contributed by atoms with van der Waals surface area (Å²) in [5.74, 6) is 0.855. The second-order valence-corrected chi connectivity index (χ2v) is 4.04. The molecular weight excluding hydrogens is 202 g/mol. The Morgan fingerprint density at radius 1 is 1.31 bits per heavy atom. The Kier molecular flexibility index (Phi) is 2.88. The van der Waals surface area contributed by atoms with Crippen LogP contribution in [-0.4, -0.2) is 23.8 Å². The maximum atomic E-state index is 9.09. The van der Waals surface area contributed by atoms with Crippen LogP contribution in [0.1, 0.15) is 16.8 Å². The number of aryl methyl sites for hydroxylation is 2. The number of aliphatic hydroxyl groups is 1. The summed E-state index contributed by atoms with van der Waals surface area (Å²) in [6.45, 7) is 4.28. The van der Waals surface area contributed by atoms with E-state index in [-0.39, 0.29) is 6.61 Å². The van der Waals surface area contributed by atoms with Gasteiger partial charge in [-0.05, 0) is 37.5 Å². The van der Waals surface area contributed by atoms with Crippen molar-refractivity contribution in [1.29, 1.82) is 0 Å². The lowest BCUT2D eigenvalue weighted by molar-refractivity contribution is 0.300. The second-order valence-electron chi connectivity index (χ2n) is 4.04. The molecule has 3 nitrogen and oxygen atoms in total. The van der Waals surface area contributed by atoms with E-state index < -0.39 is 0 Å². The molecule has 0 fully saturated rings. The van der Waals surface area contributed by atoms with Crippen molar-refractivity contribution >= 4 is 10.9 Å². The van der Waals surface area contributed by atoms with Crippen LogP contribution in [0.4, 0.5) is 0 Å². The van der Waals surface area contributed by atoms with Crippen LogP contribution in [0.2, 0.25) is 0 Å². The first-order valence-corrected chi connectivity index (χ1v) is 5.44. The largest absolute Gasteiger partial charge is 0.495 e. The smallest absolute Gasteiger partial charge is 0.142 e. The number of nitrogens with one attached hydrogen (secondary N) is 1. The zero-order valence-electron chi connectivity index (χ0n) is 9.92. The summed E-state index contributed by atoms with van der Waals surface area (Å²) in [6, 6.07) is 4.02. The molecule has 3 heteroatoms. The van der Waals surface area contributed by atoms with Gasteiger partial charge in [0.05, 0.1) is 12.6 Å². The van der Waals surface area contributed by atoms with Gasteiger partial charge in [0.25, 0.3) is 0 Å². The summed E-state index contributed by atoms with van der Waals surface area (Å²) in [5, 5.41) is 10.3. The zero-order chi connectivity index (χ0) is 11.7.